The van der Waals surface area contributed by atoms with Crippen LogP contribution >= 0.6 is 15.9 Å². The molecule has 0 saturated heterocycles. The highest BCUT2D eigenvalue weighted by Crippen LogP contribution is 2.23. The highest BCUT2D eigenvalue weighted by molar-refractivity contribution is 9.10. The lowest BCUT2D eigenvalue weighted by Gasteiger charge is -1.98. The molecule has 5 heteroatoms. The summed E-state index contributed by atoms with van der Waals surface area (Å²) >= 11 is 3.35. The van der Waals surface area contributed by atoms with Crippen LogP contribution in [0.1, 0.15) is 16.8 Å². The van der Waals surface area contributed by atoms with Crippen molar-refractivity contribution in [3.8, 4) is 0 Å². The van der Waals surface area contributed by atoms with Gasteiger partial charge in [-0.05, 0) is 18.2 Å². The lowest BCUT2D eigenvalue weighted by molar-refractivity contribution is -0.139. The molecule has 0 spiro atoms. The monoisotopic (exact) mass is 295 g/mol. The van der Waals surface area contributed by atoms with Gasteiger partial charge < -0.3 is 9.72 Å². The molecular weight excluding hydrogens is 286 g/mol. The van der Waals surface area contributed by atoms with Gasteiger partial charge in [-0.2, -0.15) is 0 Å². The van der Waals surface area contributed by atoms with E-state index >= 15 is 0 Å². The molecule has 0 saturated carbocycles. The second kappa shape index (κ2) is 4.71. The van der Waals surface area contributed by atoms with Crippen LogP contribution in [0.4, 0.5) is 0 Å². The summed E-state index contributed by atoms with van der Waals surface area (Å²) in [5.41, 5.74) is 1.37. The van der Waals surface area contributed by atoms with Crippen molar-refractivity contribution >= 4 is 38.6 Å². The Morgan fingerprint density at radius 2 is 2.18 bits per heavy atom. The largest absolute Gasteiger partial charge is 0.469 e. The molecule has 0 bridgehead atoms. The lowest BCUT2D eigenvalue weighted by Crippen LogP contribution is -2.09. The number of hydrogen-bond donors (Lipinski definition) is 1. The van der Waals surface area contributed by atoms with Crippen molar-refractivity contribution in [2.45, 2.75) is 6.42 Å². The number of fused-ring (bicyclic) bond motifs is 1. The fraction of sp³-hybridized carbons (Fsp3) is 0.167. The summed E-state index contributed by atoms with van der Waals surface area (Å²) in [4.78, 5) is 25.9. The van der Waals surface area contributed by atoms with Crippen molar-refractivity contribution < 1.29 is 14.3 Å². The Morgan fingerprint density at radius 3 is 2.88 bits per heavy atom. The summed E-state index contributed by atoms with van der Waals surface area (Å²) < 4.78 is 5.36. The van der Waals surface area contributed by atoms with Crippen molar-refractivity contribution in [3.63, 3.8) is 0 Å². The van der Waals surface area contributed by atoms with Crippen LogP contribution in [0.25, 0.3) is 10.9 Å². The number of hydrogen-bond acceptors (Lipinski definition) is 3. The molecule has 0 unspecified atom stereocenters. The maximum atomic E-state index is 11.9. The Morgan fingerprint density at radius 1 is 1.41 bits per heavy atom. The molecule has 4 nitrogen and oxygen atoms in total. The topological polar surface area (TPSA) is 59.2 Å². The highest BCUT2D eigenvalue weighted by Gasteiger charge is 2.16. The van der Waals surface area contributed by atoms with E-state index in [9.17, 15) is 9.59 Å². The van der Waals surface area contributed by atoms with Gasteiger partial charge in [0.05, 0.1) is 7.11 Å². The van der Waals surface area contributed by atoms with Crippen LogP contribution in [0.2, 0.25) is 0 Å². The smallest absolute Gasteiger partial charge is 0.313 e. The molecule has 17 heavy (non-hydrogen) atoms. The summed E-state index contributed by atoms with van der Waals surface area (Å²) in [6.45, 7) is 0. The quantitative estimate of drug-likeness (QED) is 0.538. The first kappa shape index (κ1) is 11.9. The van der Waals surface area contributed by atoms with Crippen molar-refractivity contribution in [1.82, 2.24) is 4.98 Å². The van der Waals surface area contributed by atoms with Crippen LogP contribution < -0.4 is 0 Å². The highest BCUT2D eigenvalue weighted by atomic mass is 79.9. The molecule has 1 heterocycles. The SMILES string of the molecule is COC(=O)CC(=O)c1c[nH]c2ccc(Br)cc12. The number of aromatic nitrogens is 1. The van der Waals surface area contributed by atoms with Crippen LogP contribution in [0.5, 0.6) is 0 Å². The van der Waals surface area contributed by atoms with Gasteiger partial charge in [0.2, 0.25) is 0 Å². The van der Waals surface area contributed by atoms with Crippen LogP contribution in [0.3, 0.4) is 0 Å². The van der Waals surface area contributed by atoms with E-state index in [1.165, 1.54) is 7.11 Å². The van der Waals surface area contributed by atoms with Gasteiger partial charge in [0.25, 0.3) is 0 Å². The van der Waals surface area contributed by atoms with Crippen molar-refractivity contribution in [3.05, 3.63) is 34.4 Å². The lowest BCUT2D eigenvalue weighted by atomic mass is 10.1. The van der Waals surface area contributed by atoms with Gasteiger partial charge in [0.1, 0.15) is 6.42 Å². The van der Waals surface area contributed by atoms with E-state index in [1.807, 2.05) is 18.2 Å². The Bertz CT molecular complexity index is 588. The van der Waals surface area contributed by atoms with Crippen LogP contribution in [0, 0.1) is 0 Å². The van der Waals surface area contributed by atoms with Crippen molar-refractivity contribution in [2.75, 3.05) is 7.11 Å². The normalized spacial score (nSPS) is 10.5. The molecule has 0 atom stereocenters. The van der Waals surface area contributed by atoms with Gasteiger partial charge >= 0.3 is 5.97 Å². The second-order valence-electron chi connectivity index (χ2n) is 3.57. The molecule has 0 aliphatic heterocycles. The van der Waals surface area contributed by atoms with Crippen LogP contribution in [0.15, 0.2) is 28.9 Å². The molecule has 0 fully saturated rings. The number of ether oxygens (including phenoxy) is 1. The number of nitrogens with one attached hydrogen (secondary N) is 1. The van der Waals surface area contributed by atoms with Crippen molar-refractivity contribution in [2.24, 2.45) is 0 Å². The zero-order valence-corrected chi connectivity index (χ0v) is 10.7. The third kappa shape index (κ3) is 2.39. The Labute approximate surface area is 106 Å². The van der Waals surface area contributed by atoms with Gasteiger partial charge in [0.15, 0.2) is 5.78 Å². The third-order valence-electron chi connectivity index (χ3n) is 2.48. The first-order valence-corrected chi connectivity index (χ1v) is 5.78. The first-order valence-electron chi connectivity index (χ1n) is 4.98. The zero-order chi connectivity index (χ0) is 12.4. The fourth-order valence-electron chi connectivity index (χ4n) is 1.62. The predicted molar refractivity (Wildman–Crippen MR) is 67.0 cm³/mol. The van der Waals surface area contributed by atoms with Gasteiger partial charge in [0, 0.05) is 27.1 Å². The number of ketones is 1. The van der Waals surface area contributed by atoms with Gasteiger partial charge in [-0.1, -0.05) is 15.9 Å². The summed E-state index contributed by atoms with van der Waals surface area (Å²) in [5.74, 6) is -0.777. The predicted octanol–water partition coefficient (Wildman–Crippen LogP) is 2.68. The molecule has 1 aromatic carbocycles. The number of carbonyl (C=O) groups is 2. The molecule has 88 valence electrons. The van der Waals surface area contributed by atoms with E-state index in [0.717, 1.165) is 15.4 Å². The first-order chi connectivity index (χ1) is 8.11. The third-order valence-corrected chi connectivity index (χ3v) is 2.97. The average Bonchev–Trinajstić information content (AvgIpc) is 2.71. The Kier molecular flexibility index (Phi) is 3.28. The maximum Gasteiger partial charge on any atom is 0.313 e. The molecule has 0 aliphatic rings. The van der Waals surface area contributed by atoms with E-state index in [-0.39, 0.29) is 12.2 Å². The number of H-pyrrole nitrogens is 1. The number of rotatable bonds is 3. The minimum atomic E-state index is -0.528. The van der Waals surface area contributed by atoms with E-state index in [0.29, 0.717) is 5.56 Å². The maximum absolute atomic E-state index is 11.9. The second-order valence-corrected chi connectivity index (χ2v) is 4.48. The van der Waals surface area contributed by atoms with Gasteiger partial charge in [-0.25, -0.2) is 0 Å². The molecule has 0 amide bonds. The molecule has 1 aromatic heterocycles. The number of esters is 1. The van der Waals surface area contributed by atoms with E-state index < -0.39 is 5.97 Å². The molecular formula is C12H10BrNO3. The zero-order valence-electron chi connectivity index (χ0n) is 9.12. The average molecular weight is 296 g/mol. The standard InChI is InChI=1S/C12H10BrNO3/c1-17-12(16)5-11(15)9-6-14-10-3-2-7(13)4-8(9)10/h2-4,6,14H,5H2,1H3. The Balaban J connectivity index is 2.38. The number of benzene rings is 1. The fourth-order valence-corrected chi connectivity index (χ4v) is 1.98. The van der Waals surface area contributed by atoms with E-state index in [1.54, 1.807) is 6.20 Å². The molecule has 1 N–H and O–H groups in total. The molecule has 0 aliphatic carbocycles. The van der Waals surface area contributed by atoms with Gasteiger partial charge in [-0.15, -0.1) is 0 Å². The number of methoxy groups -OCH3 is 1. The van der Waals surface area contributed by atoms with E-state index in [2.05, 4.69) is 25.7 Å². The number of aromatic amines is 1. The summed E-state index contributed by atoms with van der Waals surface area (Å²) in [6, 6.07) is 5.60. The number of carbonyl (C=O) groups excluding carboxylic acids is 2. The van der Waals surface area contributed by atoms with Crippen LogP contribution in [-0.2, 0) is 9.53 Å². The summed E-state index contributed by atoms with van der Waals surface area (Å²) in [7, 11) is 1.27. The summed E-state index contributed by atoms with van der Waals surface area (Å²) in [5, 5.41) is 0.799. The number of Topliss-reactive ketones (excluding diaryl/α,β-unsaturated/α-hetero) is 1. The molecule has 0 radical (unpaired) electrons. The van der Waals surface area contributed by atoms with Gasteiger partial charge in [-0.3, -0.25) is 9.59 Å². The molecule has 2 aromatic rings. The minimum absolute atomic E-state index is 0.240. The summed E-state index contributed by atoms with van der Waals surface area (Å²) in [6.07, 6.45) is 1.37. The minimum Gasteiger partial charge on any atom is -0.469 e. The Hall–Kier alpha value is -1.62. The van der Waals surface area contributed by atoms with Crippen molar-refractivity contribution in [1.29, 1.82) is 0 Å². The van der Waals surface area contributed by atoms with Crippen LogP contribution in [-0.4, -0.2) is 23.8 Å². The number of halogens is 1. The molecule has 2 rings (SSSR count). The van der Waals surface area contributed by atoms with E-state index in [4.69, 9.17) is 0 Å².